The number of thioether (sulfide) groups is 1. The van der Waals surface area contributed by atoms with Crippen molar-refractivity contribution in [3.05, 3.63) is 98.6 Å². The summed E-state index contributed by atoms with van der Waals surface area (Å²) in [5.41, 5.74) is 2.08. The third-order valence-corrected chi connectivity index (χ3v) is 6.59. The number of aliphatic imine (C=N–C) groups is 1. The number of likely N-dealkylation sites (N-methyl/N-ethyl adjacent to an activating group) is 1. The number of aromatic carboxylic acids is 1. The van der Waals surface area contributed by atoms with E-state index in [1.165, 1.54) is 36.0 Å². The van der Waals surface area contributed by atoms with E-state index in [4.69, 9.17) is 4.74 Å². The molecule has 3 aromatic rings. The van der Waals surface area contributed by atoms with Crippen molar-refractivity contribution in [2.75, 3.05) is 6.54 Å². The van der Waals surface area contributed by atoms with Gasteiger partial charge in [0.15, 0.2) is 5.17 Å². The molecule has 1 aliphatic rings. The summed E-state index contributed by atoms with van der Waals surface area (Å²) in [5.74, 6) is -0.985. The molecule has 0 unspecified atom stereocenters. The lowest BCUT2D eigenvalue weighted by Gasteiger charge is -2.12. The van der Waals surface area contributed by atoms with Crippen LogP contribution >= 0.6 is 27.7 Å². The number of hydrogen-bond donors (Lipinski definition) is 1. The van der Waals surface area contributed by atoms with E-state index in [1.54, 1.807) is 41.3 Å². The van der Waals surface area contributed by atoms with Crippen LogP contribution < -0.4 is 4.74 Å². The molecule has 0 saturated carbocycles. The van der Waals surface area contributed by atoms with Gasteiger partial charge < -0.3 is 9.84 Å². The van der Waals surface area contributed by atoms with Crippen molar-refractivity contribution in [2.24, 2.45) is 4.99 Å². The summed E-state index contributed by atoms with van der Waals surface area (Å²) in [4.78, 5) is 30.9. The van der Waals surface area contributed by atoms with Crippen LogP contribution in [-0.4, -0.2) is 33.6 Å². The average Bonchev–Trinajstić information content (AvgIpc) is 3.13. The van der Waals surface area contributed by atoms with Crippen molar-refractivity contribution in [3.63, 3.8) is 0 Å². The number of hydrogen-bond acceptors (Lipinski definition) is 5. The van der Waals surface area contributed by atoms with E-state index in [0.29, 0.717) is 33.6 Å². The predicted octanol–water partition coefficient (Wildman–Crippen LogP) is 6.49. The Balaban J connectivity index is 1.62. The maximum absolute atomic E-state index is 13.2. The normalized spacial score (nSPS) is 15.7. The van der Waals surface area contributed by atoms with E-state index in [2.05, 4.69) is 20.9 Å². The number of benzene rings is 3. The molecule has 178 valence electrons. The monoisotopic (exact) mass is 554 g/mol. The van der Waals surface area contributed by atoms with Crippen LogP contribution in [0.3, 0.4) is 0 Å². The van der Waals surface area contributed by atoms with Gasteiger partial charge in [-0.25, -0.2) is 14.2 Å². The lowest BCUT2D eigenvalue weighted by atomic mass is 10.1. The molecule has 4 rings (SSSR count). The SMILES string of the molecule is CCN1C(=O)C(=Cc2cc(Br)ccc2OCc2ccc(F)cc2)SC1=Nc1cccc(C(=O)O)c1. The number of rotatable bonds is 7. The molecule has 1 N–H and O–H groups in total. The quantitative estimate of drug-likeness (QED) is 0.337. The molecule has 0 aliphatic carbocycles. The molecule has 1 amide bonds. The number of halogens is 2. The van der Waals surface area contributed by atoms with Crippen LogP contribution in [0.1, 0.15) is 28.4 Å². The number of amides is 1. The highest BCUT2D eigenvalue weighted by atomic mass is 79.9. The van der Waals surface area contributed by atoms with Gasteiger partial charge in [-0.2, -0.15) is 0 Å². The summed E-state index contributed by atoms with van der Waals surface area (Å²) in [5, 5.41) is 9.70. The van der Waals surface area contributed by atoms with E-state index >= 15 is 0 Å². The molecular weight excluding hydrogens is 535 g/mol. The van der Waals surface area contributed by atoms with Gasteiger partial charge in [-0.15, -0.1) is 0 Å². The first-order valence-electron chi connectivity index (χ1n) is 10.6. The Morgan fingerprint density at radius 3 is 2.66 bits per heavy atom. The van der Waals surface area contributed by atoms with Gasteiger partial charge in [0.05, 0.1) is 16.2 Å². The first-order chi connectivity index (χ1) is 16.8. The minimum Gasteiger partial charge on any atom is -0.488 e. The maximum Gasteiger partial charge on any atom is 0.335 e. The summed E-state index contributed by atoms with van der Waals surface area (Å²) in [6, 6.07) is 17.8. The van der Waals surface area contributed by atoms with Crippen LogP contribution in [0.15, 0.2) is 81.1 Å². The third-order valence-electron chi connectivity index (χ3n) is 5.09. The average molecular weight is 555 g/mol. The Kier molecular flexibility index (Phi) is 7.67. The first kappa shape index (κ1) is 24.7. The van der Waals surface area contributed by atoms with Gasteiger partial charge in [-0.1, -0.05) is 34.1 Å². The van der Waals surface area contributed by atoms with Gasteiger partial charge in [0, 0.05) is 16.6 Å². The van der Waals surface area contributed by atoms with Gasteiger partial charge in [-0.3, -0.25) is 9.69 Å². The first-order valence-corrected chi connectivity index (χ1v) is 12.2. The van der Waals surface area contributed by atoms with Gasteiger partial charge in [0.1, 0.15) is 18.2 Å². The van der Waals surface area contributed by atoms with Crippen molar-refractivity contribution < 1.29 is 23.8 Å². The van der Waals surface area contributed by atoms with E-state index in [0.717, 1.165) is 10.0 Å². The number of ether oxygens (including phenoxy) is 1. The van der Waals surface area contributed by atoms with Crippen LogP contribution in [0.5, 0.6) is 5.75 Å². The zero-order valence-electron chi connectivity index (χ0n) is 18.6. The number of amidine groups is 1. The van der Waals surface area contributed by atoms with Gasteiger partial charge in [0.25, 0.3) is 5.91 Å². The summed E-state index contributed by atoms with van der Waals surface area (Å²) < 4.78 is 20.0. The second-order valence-electron chi connectivity index (χ2n) is 7.51. The standard InChI is InChI=1S/C26H20BrFN2O4S/c1-2-30-24(31)23(35-26(30)29-21-5-3-4-17(13-21)25(32)33)14-18-12-19(27)8-11-22(18)34-15-16-6-9-20(28)10-7-16/h3-14H,2,15H2,1H3,(H,32,33). The number of nitrogens with zero attached hydrogens (tertiary/aromatic N) is 2. The van der Waals surface area contributed by atoms with E-state index in [-0.39, 0.29) is 23.9 Å². The molecule has 0 aromatic heterocycles. The predicted molar refractivity (Wildman–Crippen MR) is 138 cm³/mol. The molecule has 1 saturated heterocycles. The summed E-state index contributed by atoms with van der Waals surface area (Å²) in [7, 11) is 0. The molecule has 0 spiro atoms. The van der Waals surface area contributed by atoms with Crippen molar-refractivity contribution in [2.45, 2.75) is 13.5 Å². The lowest BCUT2D eigenvalue weighted by Crippen LogP contribution is -2.28. The van der Waals surface area contributed by atoms with E-state index in [9.17, 15) is 19.1 Å². The second-order valence-corrected chi connectivity index (χ2v) is 9.43. The number of carboxylic acid groups (broad SMARTS) is 1. The molecule has 3 aromatic carbocycles. The summed E-state index contributed by atoms with van der Waals surface area (Å²) in [6.07, 6.45) is 1.75. The van der Waals surface area contributed by atoms with Crippen LogP contribution in [0, 0.1) is 5.82 Å². The zero-order chi connectivity index (χ0) is 24.9. The van der Waals surface area contributed by atoms with E-state index < -0.39 is 5.97 Å². The minimum atomic E-state index is -1.04. The number of carbonyl (C=O) groups is 2. The molecule has 0 bridgehead atoms. The zero-order valence-corrected chi connectivity index (χ0v) is 21.0. The molecule has 1 aliphatic heterocycles. The Hall–Kier alpha value is -3.43. The van der Waals surface area contributed by atoms with Crippen molar-refractivity contribution >= 4 is 56.5 Å². The molecule has 1 heterocycles. The highest BCUT2D eigenvalue weighted by Gasteiger charge is 2.32. The fourth-order valence-electron chi connectivity index (χ4n) is 3.34. The topological polar surface area (TPSA) is 79.2 Å². The highest BCUT2D eigenvalue weighted by molar-refractivity contribution is 9.10. The lowest BCUT2D eigenvalue weighted by molar-refractivity contribution is -0.122. The third kappa shape index (κ3) is 5.98. The molecule has 6 nitrogen and oxygen atoms in total. The van der Waals surface area contributed by atoms with Crippen LogP contribution in [0.25, 0.3) is 6.08 Å². The molecule has 35 heavy (non-hydrogen) atoms. The van der Waals surface area contributed by atoms with Crippen molar-refractivity contribution in [1.29, 1.82) is 0 Å². The summed E-state index contributed by atoms with van der Waals surface area (Å²) >= 11 is 4.68. The fraction of sp³-hybridized carbons (Fsp3) is 0.115. The Bertz CT molecular complexity index is 1340. The molecular formula is C26H20BrFN2O4S. The summed E-state index contributed by atoms with van der Waals surface area (Å²) in [6.45, 7) is 2.50. The van der Waals surface area contributed by atoms with Crippen LogP contribution in [0.2, 0.25) is 0 Å². The number of carboxylic acids is 1. The molecule has 9 heteroatoms. The van der Waals surface area contributed by atoms with Gasteiger partial charge >= 0.3 is 5.97 Å². The smallest absolute Gasteiger partial charge is 0.335 e. The second kappa shape index (κ2) is 10.9. The van der Waals surface area contributed by atoms with Crippen LogP contribution in [-0.2, 0) is 11.4 Å². The number of carbonyl (C=O) groups excluding carboxylic acids is 1. The largest absolute Gasteiger partial charge is 0.488 e. The Labute approximate surface area is 214 Å². The molecule has 1 fully saturated rings. The maximum atomic E-state index is 13.2. The highest BCUT2D eigenvalue weighted by Crippen LogP contribution is 2.36. The van der Waals surface area contributed by atoms with Crippen LogP contribution in [0.4, 0.5) is 10.1 Å². The Morgan fingerprint density at radius 2 is 1.94 bits per heavy atom. The van der Waals surface area contributed by atoms with Crippen molar-refractivity contribution in [1.82, 2.24) is 4.90 Å². The Morgan fingerprint density at radius 1 is 1.17 bits per heavy atom. The fourth-order valence-corrected chi connectivity index (χ4v) is 4.77. The van der Waals surface area contributed by atoms with Gasteiger partial charge in [-0.05, 0) is 78.9 Å². The molecule has 0 atom stereocenters. The van der Waals surface area contributed by atoms with E-state index in [1.807, 2.05) is 19.1 Å². The minimum absolute atomic E-state index is 0.122. The van der Waals surface area contributed by atoms with Crippen molar-refractivity contribution in [3.8, 4) is 5.75 Å². The molecule has 0 radical (unpaired) electrons. The van der Waals surface area contributed by atoms with Gasteiger partial charge in [0.2, 0.25) is 0 Å².